The molecule has 6 N–H and O–H groups in total. The molecular formula is C61H81N13O7S. The van der Waals surface area contributed by atoms with Crippen molar-refractivity contribution in [3.63, 3.8) is 0 Å². The molecule has 82 heavy (non-hydrogen) atoms. The number of benzene rings is 3. The van der Waals surface area contributed by atoms with Crippen LogP contribution in [0.25, 0.3) is 22.3 Å². The molecule has 7 atom stereocenters. The Morgan fingerprint density at radius 2 is 1.55 bits per heavy atom. The minimum absolute atomic E-state index is 0.0489. The topological polar surface area (TPSA) is 235 Å². The summed E-state index contributed by atoms with van der Waals surface area (Å²) in [6.07, 6.45) is 11.0. The largest absolute Gasteiger partial charge is 0.457 e. The molecule has 5 aliphatic rings. The van der Waals surface area contributed by atoms with Gasteiger partial charge in [-0.15, -0.1) is 0 Å². The van der Waals surface area contributed by atoms with Gasteiger partial charge in [0.25, 0.3) is 0 Å². The molecule has 21 heteroatoms. The number of amides is 5. The van der Waals surface area contributed by atoms with E-state index in [-0.39, 0.29) is 72.4 Å². The monoisotopic (exact) mass is 1140 g/mol. The lowest BCUT2D eigenvalue weighted by Crippen LogP contribution is -2.58. The average molecular weight is 1140 g/mol. The fraction of sp³-hybridized carbons (Fsp3) is 0.541. The molecule has 10 rings (SSSR count). The SMILES string of the molecule is CN[C@@H](C)C(=O)N[C@H](C(=O)N1C[C@@H](NC(=O)COCCN2CCN(C[C@@H](S)CC(=O)N3CCC[C@@H](n4nc(-c5ccc(Oc6ccccc6)cc5)c5c(N)ncnc54)C3)CC2)C[C@H]1C(=O)N[C@@H]1CCCc2ccccc21)C1CCCCC1. The second-order valence-corrected chi connectivity index (χ2v) is 23.7. The number of nitrogens with zero attached hydrogens (tertiary/aromatic N) is 8. The molecule has 3 aromatic carbocycles. The Kier molecular flexibility index (Phi) is 19.7. The van der Waals surface area contributed by atoms with Crippen LogP contribution in [0.3, 0.4) is 0 Å². The molecule has 0 unspecified atom stereocenters. The maximum absolute atomic E-state index is 14.8. The van der Waals surface area contributed by atoms with E-state index in [1.807, 2.05) is 76.3 Å². The van der Waals surface area contributed by atoms with E-state index in [1.54, 1.807) is 18.9 Å². The summed E-state index contributed by atoms with van der Waals surface area (Å²) in [5, 5.41) is 18.0. The average Bonchev–Trinajstić information content (AvgIpc) is 3.87. The van der Waals surface area contributed by atoms with Crippen LogP contribution in [0.2, 0.25) is 0 Å². The van der Waals surface area contributed by atoms with Gasteiger partial charge < -0.3 is 46.3 Å². The van der Waals surface area contributed by atoms with Crippen molar-refractivity contribution in [2.45, 2.75) is 125 Å². The third kappa shape index (κ3) is 14.4. The first-order valence-corrected chi connectivity index (χ1v) is 30.2. The molecule has 438 valence electrons. The molecule has 2 aromatic heterocycles. The zero-order valence-electron chi connectivity index (χ0n) is 47.4. The summed E-state index contributed by atoms with van der Waals surface area (Å²) in [7, 11) is 1.71. The number of thiol groups is 1. The number of hydrogen-bond donors (Lipinski definition) is 6. The third-order valence-corrected chi connectivity index (χ3v) is 17.6. The van der Waals surface area contributed by atoms with E-state index in [1.165, 1.54) is 11.9 Å². The van der Waals surface area contributed by atoms with Crippen LogP contribution in [-0.2, 0) is 35.1 Å². The third-order valence-electron chi connectivity index (χ3n) is 17.3. The minimum Gasteiger partial charge on any atom is -0.457 e. The number of rotatable bonds is 21. The van der Waals surface area contributed by atoms with E-state index in [0.29, 0.717) is 67.5 Å². The van der Waals surface area contributed by atoms with Crippen molar-refractivity contribution in [3.05, 3.63) is 96.3 Å². The Morgan fingerprint density at radius 1 is 0.805 bits per heavy atom. The van der Waals surface area contributed by atoms with E-state index in [2.05, 4.69) is 53.2 Å². The number of nitrogen functional groups attached to an aromatic ring is 1. The van der Waals surface area contributed by atoms with E-state index in [0.717, 1.165) is 107 Å². The van der Waals surface area contributed by atoms with Crippen molar-refractivity contribution in [1.29, 1.82) is 0 Å². The number of hydrogen-bond acceptors (Lipinski definition) is 15. The number of fused-ring (bicyclic) bond motifs is 2. The number of anilines is 1. The van der Waals surface area contributed by atoms with Crippen LogP contribution in [0.15, 0.2) is 85.2 Å². The van der Waals surface area contributed by atoms with Crippen molar-refractivity contribution >= 4 is 59.0 Å². The van der Waals surface area contributed by atoms with Crippen molar-refractivity contribution in [2.75, 3.05) is 84.9 Å². The van der Waals surface area contributed by atoms with Gasteiger partial charge in [0.05, 0.1) is 30.1 Å². The van der Waals surface area contributed by atoms with E-state index >= 15 is 0 Å². The van der Waals surface area contributed by atoms with Gasteiger partial charge in [-0.25, -0.2) is 14.6 Å². The van der Waals surface area contributed by atoms with Gasteiger partial charge >= 0.3 is 0 Å². The molecule has 4 fully saturated rings. The summed E-state index contributed by atoms with van der Waals surface area (Å²) in [5.41, 5.74) is 11.0. The van der Waals surface area contributed by atoms with E-state index in [9.17, 15) is 24.0 Å². The quantitative estimate of drug-likeness (QED) is 0.0404. The maximum Gasteiger partial charge on any atom is 0.246 e. The van der Waals surface area contributed by atoms with Crippen LogP contribution >= 0.6 is 12.6 Å². The van der Waals surface area contributed by atoms with E-state index in [4.69, 9.17) is 32.9 Å². The number of aromatic nitrogens is 4. The number of nitrogens with one attached hydrogen (secondary N) is 4. The number of likely N-dealkylation sites (tertiary alicyclic amines) is 2. The summed E-state index contributed by atoms with van der Waals surface area (Å²) in [5.74, 6) is 0.711. The van der Waals surface area contributed by atoms with Gasteiger partial charge in [-0.1, -0.05) is 61.7 Å². The second-order valence-electron chi connectivity index (χ2n) is 22.9. The predicted octanol–water partition coefficient (Wildman–Crippen LogP) is 5.31. The van der Waals surface area contributed by atoms with Crippen LogP contribution in [0.1, 0.15) is 101 Å². The van der Waals surface area contributed by atoms with Crippen molar-refractivity contribution in [1.82, 2.24) is 60.6 Å². The molecular weight excluding hydrogens is 1060 g/mol. The minimum atomic E-state index is -0.823. The first kappa shape index (κ1) is 58.5. The lowest BCUT2D eigenvalue weighted by atomic mass is 9.83. The van der Waals surface area contributed by atoms with Gasteiger partial charge in [0.2, 0.25) is 29.5 Å². The Morgan fingerprint density at radius 3 is 2.33 bits per heavy atom. The molecule has 0 radical (unpaired) electrons. The zero-order chi connectivity index (χ0) is 57.1. The van der Waals surface area contributed by atoms with Crippen molar-refractivity contribution in [2.24, 2.45) is 5.92 Å². The van der Waals surface area contributed by atoms with Gasteiger partial charge in [0.1, 0.15) is 48.0 Å². The van der Waals surface area contributed by atoms with Gasteiger partial charge in [0.15, 0.2) is 5.65 Å². The zero-order valence-corrected chi connectivity index (χ0v) is 48.3. The van der Waals surface area contributed by atoms with Crippen LogP contribution < -0.4 is 31.7 Å². The van der Waals surface area contributed by atoms with Crippen molar-refractivity contribution in [3.8, 4) is 22.8 Å². The molecule has 20 nitrogen and oxygen atoms in total. The second kappa shape index (κ2) is 27.6. The first-order valence-electron chi connectivity index (χ1n) is 29.6. The Balaban J connectivity index is 0.673. The number of para-hydroxylation sites is 1. The molecule has 2 aliphatic carbocycles. The molecule has 3 aliphatic heterocycles. The van der Waals surface area contributed by atoms with Gasteiger partial charge in [-0.05, 0) is 119 Å². The summed E-state index contributed by atoms with van der Waals surface area (Å²) in [4.78, 5) is 86.9. The number of carbonyl (C=O) groups excluding carboxylic acids is 5. The Labute approximate surface area is 486 Å². The molecule has 5 amide bonds. The number of likely N-dealkylation sites (N-methyl/N-ethyl adjacent to an activating group) is 1. The molecule has 5 heterocycles. The predicted molar refractivity (Wildman–Crippen MR) is 317 cm³/mol. The Hall–Kier alpha value is -6.65. The normalized spacial score (nSPS) is 22.0. The smallest absolute Gasteiger partial charge is 0.246 e. The number of carbonyl (C=O) groups is 5. The summed E-state index contributed by atoms with van der Waals surface area (Å²) < 4.78 is 13.9. The molecule has 3 saturated heterocycles. The fourth-order valence-electron chi connectivity index (χ4n) is 12.7. The highest BCUT2D eigenvalue weighted by Gasteiger charge is 2.45. The molecule has 1 saturated carbocycles. The molecule has 0 bridgehead atoms. The summed E-state index contributed by atoms with van der Waals surface area (Å²) in [6.45, 7) is 7.89. The number of piperazine rings is 1. The first-order chi connectivity index (χ1) is 39.9. The molecule has 0 spiro atoms. The van der Waals surface area contributed by atoms with E-state index < -0.39 is 24.2 Å². The van der Waals surface area contributed by atoms with Crippen LogP contribution in [0.5, 0.6) is 11.5 Å². The lowest BCUT2D eigenvalue weighted by molar-refractivity contribution is -0.143. The van der Waals surface area contributed by atoms with Crippen LogP contribution in [0, 0.1) is 5.92 Å². The van der Waals surface area contributed by atoms with Crippen LogP contribution in [-0.4, -0.2) is 177 Å². The number of ether oxygens (including phenoxy) is 2. The number of nitrogens with two attached hydrogens (primary N) is 1. The highest BCUT2D eigenvalue weighted by molar-refractivity contribution is 7.81. The van der Waals surface area contributed by atoms with Gasteiger partial charge in [-0.2, -0.15) is 17.7 Å². The van der Waals surface area contributed by atoms with Gasteiger partial charge in [0, 0.05) is 82.2 Å². The standard InChI is InChI=1S/C61H81N13O7S/c1-40(63-2)59(77)68-56(42-14-5-3-6-15-42)61(79)73-35-44(33-51(73)60(78)67-50-21-11-16-41-13-9-10-20-49(41)50)66-52(75)38-80-32-31-70-27-29-71(30-28-70)37-48(82)34-53(76)72-26-12-17-45(36-72)74-58-54(57(62)64-39-65-58)55(69-74)43-22-24-47(25-23-43)81-46-18-7-4-8-19-46/h4,7-10,13,18-20,22-25,39-40,42,44-45,48,50-51,56,63,82H,3,5-6,11-12,14-17,21,26-38H2,1-2H3,(H,66,75)(H,67,78)(H,68,77)(H2,62,64,65)/t40-,44-,45+,48-,50+,51-,56-/m0/s1. The van der Waals surface area contributed by atoms with Crippen molar-refractivity contribution < 1.29 is 33.4 Å². The number of aryl methyl sites for hydroxylation is 1. The number of piperidine rings is 1. The van der Waals surface area contributed by atoms with Crippen LogP contribution in [0.4, 0.5) is 5.82 Å². The fourth-order valence-corrected chi connectivity index (χ4v) is 13.1. The maximum atomic E-state index is 14.8. The highest BCUT2D eigenvalue weighted by Crippen LogP contribution is 2.36. The highest BCUT2D eigenvalue weighted by atomic mass is 32.1. The lowest BCUT2D eigenvalue weighted by Gasteiger charge is -2.36. The van der Waals surface area contributed by atoms with Gasteiger partial charge in [-0.3, -0.25) is 33.8 Å². The Bertz CT molecular complexity index is 2990. The summed E-state index contributed by atoms with van der Waals surface area (Å²) >= 11 is 4.93. The summed E-state index contributed by atoms with van der Waals surface area (Å²) in [6, 6.07) is 22.7. The molecule has 5 aromatic rings.